The minimum absolute atomic E-state index is 0. The van der Waals surface area contributed by atoms with Gasteiger partial charge in [0, 0.05) is 0 Å². The van der Waals surface area contributed by atoms with E-state index >= 15 is 0 Å². The average molecular weight is 431 g/mol. The minimum atomic E-state index is -1.71. The van der Waals surface area contributed by atoms with Gasteiger partial charge in [0.2, 0.25) is 0 Å². The summed E-state index contributed by atoms with van der Waals surface area (Å²) in [5.74, 6) is 0.522. The van der Waals surface area contributed by atoms with Crippen LogP contribution in [0, 0.1) is 5.92 Å². The third kappa shape index (κ3) is 2.43. The van der Waals surface area contributed by atoms with Crippen molar-refractivity contribution in [1.29, 1.82) is 0 Å². The molecule has 0 aromatic heterocycles. The first-order valence-corrected chi connectivity index (χ1v) is 12.4. The SMILES string of the molecule is CC1=C(C)C(C)C(c2cccc3c2C2=C([CH]3[Ti+2])[Si]2(C)Cl)=C1C.[Cl-].[Cl-]. The minimum Gasteiger partial charge on any atom is -1.00 e. The molecule has 1 heterocycles. The second-order valence-electron chi connectivity index (χ2n) is 7.06. The van der Waals surface area contributed by atoms with Gasteiger partial charge < -0.3 is 24.8 Å². The standard InChI is InChI=1S/C19H20ClSi.2ClH.Ti/c1-10-11(2)13(4)17(12(10)3)15-8-6-7-14-9-16-19(18(14)15)21(16,5)20;;;/h6-9,12H,1-5H3;2*1H;/q;;;+2/p-2. The first-order valence-electron chi connectivity index (χ1n) is 7.95. The summed E-state index contributed by atoms with van der Waals surface area (Å²) < 4.78 is 0.534. The second-order valence-corrected chi connectivity index (χ2v) is 13.3. The summed E-state index contributed by atoms with van der Waals surface area (Å²) in [4.78, 5) is 0. The van der Waals surface area contributed by atoms with E-state index in [4.69, 9.17) is 11.1 Å². The molecular formula is C19H20Cl3SiTi. The van der Waals surface area contributed by atoms with Gasteiger partial charge in [-0.25, -0.2) is 0 Å². The third-order valence-corrected chi connectivity index (χ3v) is 11.4. The monoisotopic (exact) mass is 429 g/mol. The van der Waals surface area contributed by atoms with Gasteiger partial charge in [-0.1, -0.05) is 0 Å². The zero-order valence-electron chi connectivity index (χ0n) is 14.5. The number of halogens is 3. The number of hydrogen-bond acceptors (Lipinski definition) is 0. The molecule has 0 spiro atoms. The van der Waals surface area contributed by atoms with Crippen molar-refractivity contribution >= 4 is 29.2 Å². The molecule has 0 saturated heterocycles. The first kappa shape index (κ1) is 20.6. The van der Waals surface area contributed by atoms with Crippen molar-refractivity contribution in [2.75, 3.05) is 0 Å². The van der Waals surface area contributed by atoms with E-state index in [9.17, 15) is 0 Å². The number of fused-ring (bicyclic) bond motifs is 2. The summed E-state index contributed by atoms with van der Waals surface area (Å²) >= 11 is 9.21. The third-order valence-electron chi connectivity index (χ3n) is 6.06. The Bertz CT molecular complexity index is 833. The number of allylic oxidation sites excluding steroid dienone is 5. The molecule has 1 aliphatic heterocycles. The molecule has 4 rings (SSSR count). The summed E-state index contributed by atoms with van der Waals surface area (Å²) in [6.45, 7) is 11.5. The van der Waals surface area contributed by atoms with Crippen LogP contribution in [-0.2, 0) is 20.4 Å². The van der Waals surface area contributed by atoms with Crippen molar-refractivity contribution in [1.82, 2.24) is 0 Å². The molecule has 3 atom stereocenters. The molecule has 5 heteroatoms. The van der Waals surface area contributed by atoms with Crippen LogP contribution in [0.2, 0.25) is 6.55 Å². The normalized spacial score (nSPS) is 30.2. The molecule has 1 aromatic carbocycles. The fraction of sp³-hybridized carbons (Fsp3) is 0.368. The van der Waals surface area contributed by atoms with E-state index in [-0.39, 0.29) is 24.8 Å². The van der Waals surface area contributed by atoms with Crippen molar-refractivity contribution in [3.05, 3.63) is 56.8 Å². The smallest absolute Gasteiger partial charge is 1.00 e. The molecule has 125 valence electrons. The van der Waals surface area contributed by atoms with Crippen molar-refractivity contribution in [2.24, 2.45) is 5.92 Å². The van der Waals surface area contributed by atoms with E-state index in [1.807, 2.05) is 0 Å². The van der Waals surface area contributed by atoms with Crippen molar-refractivity contribution < 1.29 is 45.2 Å². The van der Waals surface area contributed by atoms with Crippen LogP contribution in [0.4, 0.5) is 0 Å². The molecule has 24 heavy (non-hydrogen) atoms. The molecule has 0 saturated carbocycles. The van der Waals surface area contributed by atoms with Crippen LogP contribution in [0.15, 0.2) is 40.1 Å². The van der Waals surface area contributed by atoms with E-state index in [0.717, 1.165) is 0 Å². The Balaban J connectivity index is 0.00000104. The molecule has 0 amide bonds. The van der Waals surface area contributed by atoms with Crippen LogP contribution in [0.25, 0.3) is 10.8 Å². The summed E-state index contributed by atoms with van der Waals surface area (Å²) in [5, 5.41) is 3.13. The Hall–Kier alpha value is 0.241. The zero-order valence-corrected chi connectivity index (χ0v) is 19.3. The molecule has 3 aliphatic rings. The van der Waals surface area contributed by atoms with E-state index in [1.54, 1.807) is 10.4 Å². The number of rotatable bonds is 1. The first-order chi connectivity index (χ1) is 10.3. The quantitative estimate of drug-likeness (QED) is 0.425. The fourth-order valence-electron chi connectivity index (χ4n) is 4.43. The van der Waals surface area contributed by atoms with Gasteiger partial charge in [-0.2, -0.15) is 0 Å². The largest absolute Gasteiger partial charge is 1.00 e. The van der Waals surface area contributed by atoms with Crippen LogP contribution in [0.1, 0.15) is 48.6 Å². The molecule has 0 bridgehead atoms. The van der Waals surface area contributed by atoms with Crippen molar-refractivity contribution in [2.45, 2.75) is 38.5 Å². The van der Waals surface area contributed by atoms with Gasteiger partial charge in [0.05, 0.1) is 0 Å². The van der Waals surface area contributed by atoms with Crippen LogP contribution < -0.4 is 24.8 Å². The van der Waals surface area contributed by atoms with Crippen molar-refractivity contribution in [3.8, 4) is 0 Å². The van der Waals surface area contributed by atoms with Gasteiger partial charge in [0.1, 0.15) is 0 Å². The maximum atomic E-state index is 6.88. The predicted octanol–water partition coefficient (Wildman–Crippen LogP) is -0.285. The Labute approximate surface area is 174 Å². The van der Waals surface area contributed by atoms with E-state index in [1.165, 1.54) is 39.0 Å². The molecule has 2 aliphatic carbocycles. The molecule has 0 radical (unpaired) electrons. The van der Waals surface area contributed by atoms with Crippen LogP contribution in [0.3, 0.4) is 0 Å². The van der Waals surface area contributed by atoms with Gasteiger partial charge in [-0.3, -0.25) is 0 Å². The molecule has 0 nitrogen and oxygen atoms in total. The van der Waals surface area contributed by atoms with Gasteiger partial charge in [-0.15, -0.1) is 0 Å². The summed E-state index contributed by atoms with van der Waals surface area (Å²) in [6.07, 6.45) is 0. The molecule has 1 aromatic rings. The van der Waals surface area contributed by atoms with Crippen molar-refractivity contribution in [3.63, 3.8) is 0 Å². The van der Waals surface area contributed by atoms with E-state index in [0.29, 0.717) is 10.1 Å². The van der Waals surface area contributed by atoms with Crippen LogP contribution in [-0.4, -0.2) is 7.38 Å². The number of benzene rings is 1. The maximum Gasteiger partial charge on any atom is -1.00 e. The maximum absolute atomic E-state index is 6.88. The Kier molecular flexibility index (Phi) is 5.52. The Morgan fingerprint density at radius 2 is 1.71 bits per heavy atom. The summed E-state index contributed by atoms with van der Waals surface area (Å²) in [7, 11) is -1.71. The second kappa shape index (κ2) is 6.44. The predicted molar refractivity (Wildman–Crippen MR) is 93.7 cm³/mol. The van der Waals surface area contributed by atoms with E-state index < -0.39 is 7.38 Å². The van der Waals surface area contributed by atoms with Crippen LogP contribution >= 0.6 is 11.1 Å². The zero-order chi connectivity index (χ0) is 16.0. The summed E-state index contributed by atoms with van der Waals surface area (Å²) in [6, 6.07) is 6.86. The average Bonchev–Trinajstić information content (AvgIpc) is 2.80. The Morgan fingerprint density at radius 3 is 2.25 bits per heavy atom. The van der Waals surface area contributed by atoms with E-state index in [2.05, 4.69) is 72.9 Å². The topological polar surface area (TPSA) is 0 Å². The molecular weight excluding hydrogens is 411 g/mol. The van der Waals surface area contributed by atoms with Gasteiger partial charge in [0.15, 0.2) is 0 Å². The van der Waals surface area contributed by atoms with Gasteiger partial charge >= 0.3 is 151 Å². The van der Waals surface area contributed by atoms with Crippen LogP contribution in [0.5, 0.6) is 0 Å². The fourth-order valence-corrected chi connectivity index (χ4v) is 11.4. The number of hydrogen-bond donors (Lipinski definition) is 0. The molecule has 3 unspecified atom stereocenters. The summed E-state index contributed by atoms with van der Waals surface area (Å²) in [5.41, 5.74) is 10.4. The van der Waals surface area contributed by atoms with Gasteiger partial charge in [0.25, 0.3) is 0 Å². The molecule has 0 N–H and O–H groups in total. The Morgan fingerprint density at radius 1 is 1.08 bits per heavy atom. The molecule has 0 fully saturated rings. The van der Waals surface area contributed by atoms with Gasteiger partial charge in [-0.05, 0) is 0 Å².